The van der Waals surface area contributed by atoms with Gasteiger partial charge >= 0.3 is 0 Å². The fourth-order valence-corrected chi connectivity index (χ4v) is 3.65. The van der Waals surface area contributed by atoms with Crippen molar-refractivity contribution < 1.29 is 14.4 Å². The van der Waals surface area contributed by atoms with E-state index in [1.807, 2.05) is 29.2 Å². The van der Waals surface area contributed by atoms with Gasteiger partial charge in [0.05, 0.1) is 11.8 Å². The SMILES string of the molecule is CN(Cc1noc2ccccc12)C1CCN(C(=O)c2cncc(O)c2)CC1. The monoisotopic (exact) mass is 366 g/mol. The molecule has 0 radical (unpaired) electrons. The zero-order chi connectivity index (χ0) is 18.8. The third-order valence-electron chi connectivity index (χ3n) is 5.20. The first-order valence-corrected chi connectivity index (χ1v) is 9.08. The molecule has 7 heteroatoms. The van der Waals surface area contributed by atoms with E-state index in [1.54, 1.807) is 0 Å². The summed E-state index contributed by atoms with van der Waals surface area (Å²) < 4.78 is 5.39. The molecular formula is C20H22N4O3. The topological polar surface area (TPSA) is 82.7 Å². The fraction of sp³-hybridized carbons (Fsp3) is 0.350. The molecule has 1 saturated heterocycles. The maximum atomic E-state index is 12.6. The van der Waals surface area contributed by atoms with Crippen LogP contribution < -0.4 is 0 Å². The Morgan fingerprint density at radius 1 is 1.30 bits per heavy atom. The van der Waals surface area contributed by atoms with Crippen molar-refractivity contribution in [2.45, 2.75) is 25.4 Å². The van der Waals surface area contributed by atoms with Gasteiger partial charge in [-0.2, -0.15) is 0 Å². The second-order valence-corrected chi connectivity index (χ2v) is 7.00. The van der Waals surface area contributed by atoms with Crippen LogP contribution in [0.4, 0.5) is 0 Å². The molecule has 3 aromatic rings. The molecule has 0 unspecified atom stereocenters. The molecular weight excluding hydrogens is 344 g/mol. The van der Waals surface area contributed by atoms with Crippen LogP contribution in [-0.4, -0.2) is 57.1 Å². The number of benzene rings is 1. The molecule has 2 aromatic heterocycles. The number of para-hydroxylation sites is 1. The van der Waals surface area contributed by atoms with Crippen molar-refractivity contribution in [1.82, 2.24) is 19.9 Å². The van der Waals surface area contributed by atoms with Crippen molar-refractivity contribution in [3.8, 4) is 5.75 Å². The number of aromatic hydroxyl groups is 1. The molecule has 1 fully saturated rings. The molecule has 0 bridgehead atoms. The molecule has 0 aliphatic carbocycles. The second-order valence-electron chi connectivity index (χ2n) is 7.00. The zero-order valence-corrected chi connectivity index (χ0v) is 15.2. The lowest BCUT2D eigenvalue weighted by molar-refractivity contribution is 0.0637. The van der Waals surface area contributed by atoms with Crippen molar-refractivity contribution in [3.05, 3.63) is 54.0 Å². The Kier molecular flexibility index (Phi) is 4.77. The summed E-state index contributed by atoms with van der Waals surface area (Å²) in [5.41, 5.74) is 2.18. The van der Waals surface area contributed by atoms with Gasteiger partial charge in [-0.25, -0.2) is 0 Å². The van der Waals surface area contributed by atoms with Crippen LogP contribution in [0.3, 0.4) is 0 Å². The zero-order valence-electron chi connectivity index (χ0n) is 15.2. The van der Waals surface area contributed by atoms with Crippen molar-refractivity contribution in [1.29, 1.82) is 0 Å². The minimum Gasteiger partial charge on any atom is -0.506 e. The van der Waals surface area contributed by atoms with Crippen molar-refractivity contribution in [3.63, 3.8) is 0 Å². The Morgan fingerprint density at radius 2 is 2.07 bits per heavy atom. The number of carbonyl (C=O) groups is 1. The number of piperidine rings is 1. The van der Waals surface area contributed by atoms with Crippen molar-refractivity contribution >= 4 is 16.9 Å². The van der Waals surface area contributed by atoms with Crippen LogP contribution in [0.1, 0.15) is 28.9 Å². The number of hydrogen-bond acceptors (Lipinski definition) is 6. The van der Waals surface area contributed by atoms with E-state index in [0.717, 1.165) is 29.5 Å². The molecule has 0 spiro atoms. The summed E-state index contributed by atoms with van der Waals surface area (Å²) in [7, 11) is 2.09. The van der Waals surface area contributed by atoms with Crippen molar-refractivity contribution in [2.75, 3.05) is 20.1 Å². The number of rotatable bonds is 4. The number of nitrogens with zero attached hydrogens (tertiary/aromatic N) is 4. The highest BCUT2D eigenvalue weighted by molar-refractivity contribution is 5.94. The Hall–Kier alpha value is -2.93. The Bertz CT molecular complexity index is 947. The third-order valence-corrected chi connectivity index (χ3v) is 5.20. The van der Waals surface area contributed by atoms with Gasteiger partial charge in [-0.05, 0) is 38.1 Å². The molecule has 27 heavy (non-hydrogen) atoms. The fourth-order valence-electron chi connectivity index (χ4n) is 3.65. The summed E-state index contributed by atoms with van der Waals surface area (Å²) >= 11 is 0. The standard InChI is InChI=1S/C20H22N4O3/c1-23(13-18-17-4-2-3-5-19(17)27-22-18)15-6-8-24(9-7-15)20(26)14-10-16(25)12-21-11-14/h2-5,10-12,15,25H,6-9,13H2,1H3. The average molecular weight is 366 g/mol. The predicted molar refractivity (Wildman–Crippen MR) is 100 cm³/mol. The number of carbonyl (C=O) groups excluding carboxylic acids is 1. The smallest absolute Gasteiger partial charge is 0.255 e. The van der Waals surface area contributed by atoms with Crippen LogP contribution >= 0.6 is 0 Å². The van der Waals surface area contributed by atoms with Gasteiger partial charge in [0.1, 0.15) is 11.4 Å². The maximum absolute atomic E-state index is 12.6. The Labute approximate surface area is 157 Å². The molecule has 7 nitrogen and oxygen atoms in total. The van der Waals surface area contributed by atoms with Crippen LogP contribution in [0.5, 0.6) is 5.75 Å². The molecule has 0 atom stereocenters. The van der Waals surface area contributed by atoms with Gasteiger partial charge in [-0.15, -0.1) is 0 Å². The lowest BCUT2D eigenvalue weighted by Gasteiger charge is -2.36. The van der Waals surface area contributed by atoms with E-state index in [4.69, 9.17) is 4.52 Å². The summed E-state index contributed by atoms with van der Waals surface area (Å²) in [6.45, 7) is 2.08. The van der Waals surface area contributed by atoms with E-state index in [-0.39, 0.29) is 11.7 Å². The first-order chi connectivity index (χ1) is 13.1. The number of fused-ring (bicyclic) bond motifs is 1. The van der Waals surface area contributed by atoms with Gasteiger partial charge in [0.2, 0.25) is 0 Å². The molecule has 1 aromatic carbocycles. The van der Waals surface area contributed by atoms with E-state index in [1.165, 1.54) is 18.5 Å². The summed E-state index contributed by atoms with van der Waals surface area (Å²) in [5, 5.41) is 14.8. The highest BCUT2D eigenvalue weighted by Crippen LogP contribution is 2.23. The van der Waals surface area contributed by atoms with Gasteiger partial charge < -0.3 is 14.5 Å². The number of amides is 1. The first-order valence-electron chi connectivity index (χ1n) is 9.08. The number of hydrogen-bond donors (Lipinski definition) is 1. The quantitative estimate of drug-likeness (QED) is 0.764. The number of likely N-dealkylation sites (tertiary alicyclic amines) is 1. The molecule has 0 saturated carbocycles. The Balaban J connectivity index is 1.36. The molecule has 1 aliphatic rings. The summed E-state index contributed by atoms with van der Waals surface area (Å²) in [6, 6.07) is 9.72. The second kappa shape index (κ2) is 7.36. The van der Waals surface area contributed by atoms with E-state index >= 15 is 0 Å². The lowest BCUT2D eigenvalue weighted by atomic mass is 10.0. The maximum Gasteiger partial charge on any atom is 0.255 e. The minimum absolute atomic E-state index is 0.00954. The highest BCUT2D eigenvalue weighted by atomic mass is 16.5. The van der Waals surface area contributed by atoms with Gasteiger partial charge in [-0.3, -0.25) is 14.7 Å². The molecule has 3 heterocycles. The van der Waals surface area contributed by atoms with Crippen LogP contribution in [0.15, 0.2) is 47.2 Å². The van der Waals surface area contributed by atoms with Crippen LogP contribution in [0.2, 0.25) is 0 Å². The third kappa shape index (κ3) is 3.64. The highest BCUT2D eigenvalue weighted by Gasteiger charge is 2.27. The van der Waals surface area contributed by atoms with E-state index in [9.17, 15) is 9.90 Å². The van der Waals surface area contributed by atoms with Gasteiger partial charge in [0.15, 0.2) is 5.58 Å². The molecule has 1 N–H and O–H groups in total. The predicted octanol–water partition coefficient (Wildman–Crippen LogP) is 2.67. The Morgan fingerprint density at radius 3 is 2.85 bits per heavy atom. The first kappa shape index (κ1) is 17.5. The summed E-state index contributed by atoms with van der Waals surface area (Å²) in [5.74, 6) is -0.0719. The van der Waals surface area contributed by atoms with Gasteiger partial charge in [0, 0.05) is 37.3 Å². The molecule has 140 valence electrons. The van der Waals surface area contributed by atoms with E-state index in [0.29, 0.717) is 31.2 Å². The molecule has 1 amide bonds. The van der Waals surface area contributed by atoms with E-state index in [2.05, 4.69) is 22.1 Å². The largest absolute Gasteiger partial charge is 0.506 e. The van der Waals surface area contributed by atoms with E-state index < -0.39 is 0 Å². The van der Waals surface area contributed by atoms with Crippen LogP contribution in [0.25, 0.3) is 11.0 Å². The normalized spacial score (nSPS) is 15.6. The average Bonchev–Trinajstić information content (AvgIpc) is 3.10. The molecule has 4 rings (SSSR count). The number of pyridine rings is 1. The van der Waals surface area contributed by atoms with Gasteiger partial charge in [0.25, 0.3) is 5.91 Å². The lowest BCUT2D eigenvalue weighted by Crippen LogP contribution is -2.45. The van der Waals surface area contributed by atoms with Crippen LogP contribution in [-0.2, 0) is 6.54 Å². The minimum atomic E-state index is -0.0815. The van der Waals surface area contributed by atoms with Gasteiger partial charge in [-0.1, -0.05) is 17.3 Å². The summed E-state index contributed by atoms with van der Waals surface area (Å²) in [4.78, 5) is 20.6. The number of aromatic nitrogens is 2. The summed E-state index contributed by atoms with van der Waals surface area (Å²) in [6.07, 6.45) is 4.61. The van der Waals surface area contributed by atoms with Crippen LogP contribution in [0, 0.1) is 0 Å². The van der Waals surface area contributed by atoms with Crippen molar-refractivity contribution in [2.24, 2.45) is 0 Å². The molecule has 1 aliphatic heterocycles.